The molecule has 2 N–H and O–H groups in total. The largest absolute Gasteiger partial charge is 0.388 e. The molecule has 1 aliphatic heterocycles. The van der Waals surface area contributed by atoms with E-state index in [1.807, 2.05) is 12.1 Å². The minimum atomic E-state index is -0.977. The van der Waals surface area contributed by atoms with E-state index in [9.17, 15) is 14.3 Å². The maximum Gasteiger partial charge on any atom is 0.225 e. The Bertz CT molecular complexity index is 703. The standard InChI is InChI=1S/C19H22FN3O2/c20-15-4-1-3-14(11-15)18(24)12-19(25)23-9-6-16(7-10-23)22-17-5-2-8-21-13-17/h1-5,8,11,13,16,18,22,24H,6-7,9-10,12H2. The predicted octanol–water partition coefficient (Wildman–Crippen LogP) is 2.75. The Morgan fingerprint density at radius 1 is 1.32 bits per heavy atom. The molecule has 25 heavy (non-hydrogen) atoms. The van der Waals surface area contributed by atoms with Crippen molar-refractivity contribution in [2.24, 2.45) is 0 Å². The number of anilines is 1. The lowest BCUT2D eigenvalue weighted by molar-refractivity contribution is -0.134. The summed E-state index contributed by atoms with van der Waals surface area (Å²) in [6, 6.07) is 9.91. The molecule has 0 spiro atoms. The van der Waals surface area contributed by atoms with Crippen molar-refractivity contribution in [2.45, 2.75) is 31.4 Å². The highest BCUT2D eigenvalue weighted by Crippen LogP contribution is 2.21. The van der Waals surface area contributed by atoms with Crippen LogP contribution < -0.4 is 5.32 Å². The summed E-state index contributed by atoms with van der Waals surface area (Å²) < 4.78 is 13.2. The summed E-state index contributed by atoms with van der Waals surface area (Å²) >= 11 is 0. The minimum absolute atomic E-state index is 0.0237. The highest BCUT2D eigenvalue weighted by Gasteiger charge is 2.24. The van der Waals surface area contributed by atoms with E-state index in [0.717, 1.165) is 18.5 Å². The van der Waals surface area contributed by atoms with Crippen molar-refractivity contribution in [3.63, 3.8) is 0 Å². The van der Waals surface area contributed by atoms with Gasteiger partial charge < -0.3 is 15.3 Å². The Balaban J connectivity index is 1.48. The number of hydrogen-bond donors (Lipinski definition) is 2. The van der Waals surface area contributed by atoms with Gasteiger partial charge in [0.25, 0.3) is 0 Å². The van der Waals surface area contributed by atoms with Gasteiger partial charge in [0.2, 0.25) is 5.91 Å². The lowest BCUT2D eigenvalue weighted by Crippen LogP contribution is -2.42. The summed E-state index contributed by atoms with van der Waals surface area (Å²) in [6.07, 6.45) is 4.20. The van der Waals surface area contributed by atoms with Crippen molar-refractivity contribution in [3.05, 3.63) is 60.2 Å². The van der Waals surface area contributed by atoms with E-state index in [0.29, 0.717) is 24.7 Å². The van der Waals surface area contributed by atoms with Crippen molar-refractivity contribution in [1.82, 2.24) is 9.88 Å². The van der Waals surface area contributed by atoms with E-state index < -0.39 is 11.9 Å². The normalized spacial score (nSPS) is 16.5. The lowest BCUT2D eigenvalue weighted by Gasteiger charge is -2.33. The number of piperidine rings is 1. The number of nitrogens with zero attached hydrogens (tertiary/aromatic N) is 2. The number of aromatic nitrogens is 1. The van der Waals surface area contributed by atoms with Crippen LogP contribution in [0.4, 0.5) is 10.1 Å². The molecule has 1 saturated heterocycles. The molecular formula is C19H22FN3O2. The molecule has 1 aromatic carbocycles. The van der Waals surface area contributed by atoms with Crippen LogP contribution in [-0.4, -0.2) is 40.0 Å². The van der Waals surface area contributed by atoms with Crippen molar-refractivity contribution in [1.29, 1.82) is 0 Å². The summed E-state index contributed by atoms with van der Waals surface area (Å²) in [4.78, 5) is 18.2. The number of amides is 1. The average molecular weight is 343 g/mol. The van der Waals surface area contributed by atoms with Crippen molar-refractivity contribution < 1.29 is 14.3 Å². The second-order valence-corrected chi connectivity index (χ2v) is 6.32. The van der Waals surface area contributed by atoms with Crippen LogP contribution in [0.5, 0.6) is 0 Å². The molecule has 1 aromatic heterocycles. The smallest absolute Gasteiger partial charge is 0.225 e. The van der Waals surface area contributed by atoms with Crippen molar-refractivity contribution in [3.8, 4) is 0 Å². The van der Waals surface area contributed by atoms with Gasteiger partial charge in [-0.15, -0.1) is 0 Å². The Kier molecular flexibility index (Phi) is 5.60. The van der Waals surface area contributed by atoms with Gasteiger partial charge in [-0.05, 0) is 42.7 Å². The number of pyridine rings is 1. The maximum atomic E-state index is 13.2. The van der Waals surface area contributed by atoms with E-state index >= 15 is 0 Å². The number of likely N-dealkylation sites (tertiary alicyclic amines) is 1. The summed E-state index contributed by atoms with van der Waals surface area (Å²) in [6.45, 7) is 1.29. The van der Waals surface area contributed by atoms with E-state index in [1.165, 1.54) is 18.2 Å². The Morgan fingerprint density at radius 2 is 2.12 bits per heavy atom. The van der Waals surface area contributed by atoms with Crippen LogP contribution in [-0.2, 0) is 4.79 Å². The number of rotatable bonds is 5. The molecule has 3 rings (SSSR count). The molecule has 0 saturated carbocycles. The van der Waals surface area contributed by atoms with Gasteiger partial charge in [-0.2, -0.15) is 0 Å². The van der Waals surface area contributed by atoms with Crippen LogP contribution in [0.25, 0.3) is 0 Å². The zero-order chi connectivity index (χ0) is 17.6. The van der Waals surface area contributed by atoms with Crippen LogP contribution in [0, 0.1) is 5.82 Å². The van der Waals surface area contributed by atoms with E-state index in [-0.39, 0.29) is 12.3 Å². The molecule has 0 bridgehead atoms. The fourth-order valence-electron chi connectivity index (χ4n) is 3.08. The molecule has 1 aliphatic rings. The molecule has 1 fully saturated rings. The third kappa shape index (κ3) is 4.76. The van der Waals surface area contributed by atoms with Crippen molar-refractivity contribution in [2.75, 3.05) is 18.4 Å². The first kappa shape index (κ1) is 17.4. The number of aliphatic hydroxyl groups excluding tert-OH is 1. The Labute approximate surface area is 146 Å². The van der Waals surface area contributed by atoms with Gasteiger partial charge in [0.15, 0.2) is 0 Å². The van der Waals surface area contributed by atoms with E-state index in [2.05, 4.69) is 10.3 Å². The molecule has 1 atom stereocenters. The van der Waals surface area contributed by atoms with Crippen molar-refractivity contribution >= 4 is 11.6 Å². The highest BCUT2D eigenvalue weighted by molar-refractivity contribution is 5.77. The fraction of sp³-hybridized carbons (Fsp3) is 0.368. The van der Waals surface area contributed by atoms with Gasteiger partial charge >= 0.3 is 0 Å². The number of benzene rings is 1. The average Bonchev–Trinajstić information content (AvgIpc) is 2.63. The van der Waals surface area contributed by atoms with Gasteiger partial charge in [0.1, 0.15) is 5.82 Å². The second-order valence-electron chi connectivity index (χ2n) is 6.32. The van der Waals surface area contributed by atoms with Crippen LogP contribution in [0.2, 0.25) is 0 Å². The summed E-state index contributed by atoms with van der Waals surface area (Å²) in [5, 5.41) is 13.6. The predicted molar refractivity (Wildman–Crippen MR) is 93.4 cm³/mol. The van der Waals surface area contributed by atoms with E-state index in [4.69, 9.17) is 0 Å². The zero-order valence-electron chi connectivity index (χ0n) is 13.9. The van der Waals surface area contributed by atoms with Gasteiger partial charge in [0.05, 0.1) is 18.2 Å². The number of aliphatic hydroxyl groups is 1. The second kappa shape index (κ2) is 8.07. The molecule has 6 heteroatoms. The number of halogens is 1. The van der Waals surface area contributed by atoms with Crippen LogP contribution >= 0.6 is 0 Å². The first-order valence-electron chi connectivity index (χ1n) is 8.49. The molecular weight excluding hydrogens is 321 g/mol. The van der Waals surface area contributed by atoms with Gasteiger partial charge in [-0.25, -0.2) is 4.39 Å². The number of carbonyl (C=O) groups excluding carboxylic acids is 1. The lowest BCUT2D eigenvalue weighted by atomic mass is 10.0. The third-order valence-corrected chi connectivity index (χ3v) is 4.48. The van der Waals surface area contributed by atoms with E-state index in [1.54, 1.807) is 23.4 Å². The number of hydrogen-bond acceptors (Lipinski definition) is 4. The third-order valence-electron chi connectivity index (χ3n) is 4.48. The van der Waals surface area contributed by atoms with Gasteiger partial charge in [-0.1, -0.05) is 12.1 Å². The van der Waals surface area contributed by atoms with Gasteiger partial charge in [0, 0.05) is 31.5 Å². The molecule has 1 amide bonds. The first-order chi connectivity index (χ1) is 12.1. The molecule has 2 aromatic rings. The van der Waals surface area contributed by atoms with Crippen LogP contribution in [0.3, 0.4) is 0 Å². The molecule has 0 aliphatic carbocycles. The maximum absolute atomic E-state index is 13.2. The molecule has 5 nitrogen and oxygen atoms in total. The quantitative estimate of drug-likeness (QED) is 0.876. The first-order valence-corrected chi connectivity index (χ1v) is 8.49. The molecule has 132 valence electrons. The molecule has 0 radical (unpaired) electrons. The summed E-state index contributed by atoms with van der Waals surface area (Å²) in [5.74, 6) is -0.511. The SMILES string of the molecule is O=C(CC(O)c1cccc(F)c1)N1CCC(Nc2cccnc2)CC1. The monoisotopic (exact) mass is 343 g/mol. The number of nitrogens with one attached hydrogen (secondary N) is 1. The molecule has 2 heterocycles. The minimum Gasteiger partial charge on any atom is -0.388 e. The zero-order valence-corrected chi connectivity index (χ0v) is 13.9. The summed E-state index contributed by atoms with van der Waals surface area (Å²) in [7, 11) is 0. The summed E-state index contributed by atoms with van der Waals surface area (Å²) in [5.41, 5.74) is 1.41. The van der Waals surface area contributed by atoms with Crippen LogP contribution in [0.1, 0.15) is 30.9 Å². The van der Waals surface area contributed by atoms with Gasteiger partial charge in [-0.3, -0.25) is 9.78 Å². The Hall–Kier alpha value is -2.47. The Morgan fingerprint density at radius 3 is 2.80 bits per heavy atom. The molecule has 1 unspecified atom stereocenters. The topological polar surface area (TPSA) is 65.5 Å². The highest BCUT2D eigenvalue weighted by atomic mass is 19.1. The van der Waals surface area contributed by atoms with Crippen LogP contribution in [0.15, 0.2) is 48.8 Å². The number of carbonyl (C=O) groups is 1. The fourth-order valence-corrected chi connectivity index (χ4v) is 3.08.